The topological polar surface area (TPSA) is 86.7 Å². The average molecular weight is 256 g/mol. The molecule has 1 saturated carbocycles. The van der Waals surface area contributed by atoms with E-state index in [2.05, 4.69) is 5.32 Å². The maximum absolute atomic E-state index is 11.6. The molecule has 0 aromatic carbocycles. The molecular weight excluding hydrogens is 236 g/mol. The van der Waals surface area contributed by atoms with Crippen molar-refractivity contribution in [3.63, 3.8) is 0 Å². The maximum atomic E-state index is 11.6. The molecule has 0 bridgehead atoms. The van der Waals surface area contributed by atoms with Crippen molar-refractivity contribution in [2.24, 2.45) is 11.8 Å². The highest BCUT2D eigenvalue weighted by Crippen LogP contribution is 2.29. The molecule has 0 aromatic heterocycles. The zero-order valence-corrected chi connectivity index (χ0v) is 10.8. The van der Waals surface area contributed by atoms with E-state index in [1.807, 2.05) is 0 Å². The molecule has 1 fully saturated rings. The molecule has 1 aliphatic rings. The summed E-state index contributed by atoms with van der Waals surface area (Å²) in [6, 6.07) is -0.408. The molecule has 0 aliphatic heterocycles. The van der Waals surface area contributed by atoms with Crippen molar-refractivity contribution in [2.45, 2.75) is 32.6 Å². The van der Waals surface area contributed by atoms with Gasteiger partial charge in [-0.2, -0.15) is 0 Å². The quantitative estimate of drug-likeness (QED) is 0.744. The molecule has 1 atom stereocenters. The molecule has 6 nitrogen and oxygen atoms in total. The lowest BCUT2D eigenvalue weighted by molar-refractivity contribution is -0.138. The molecule has 2 N–H and O–H groups in total. The van der Waals surface area contributed by atoms with Crippen molar-refractivity contribution in [3.05, 3.63) is 0 Å². The van der Waals surface area contributed by atoms with Gasteiger partial charge in [-0.1, -0.05) is 6.92 Å². The summed E-state index contributed by atoms with van der Waals surface area (Å²) in [4.78, 5) is 35.0. The van der Waals surface area contributed by atoms with Crippen molar-refractivity contribution >= 4 is 17.9 Å². The Hall–Kier alpha value is -1.59. The molecular formula is C12H20N2O4. The third-order valence-electron chi connectivity index (χ3n) is 2.88. The second-order valence-corrected chi connectivity index (χ2v) is 5.08. The molecule has 1 aliphatic carbocycles. The number of carboxylic acid groups (broad SMARTS) is 1. The van der Waals surface area contributed by atoms with Gasteiger partial charge in [0, 0.05) is 26.4 Å². The highest BCUT2D eigenvalue weighted by Gasteiger charge is 2.25. The molecule has 18 heavy (non-hydrogen) atoms. The second-order valence-electron chi connectivity index (χ2n) is 5.08. The number of hydrogen-bond donors (Lipinski definition) is 2. The summed E-state index contributed by atoms with van der Waals surface area (Å²) < 4.78 is 0. The minimum atomic E-state index is -0.938. The summed E-state index contributed by atoms with van der Waals surface area (Å²) in [7, 11) is 1.65. The molecule has 102 valence electrons. The van der Waals surface area contributed by atoms with Crippen LogP contribution in [0.3, 0.4) is 0 Å². The van der Waals surface area contributed by atoms with E-state index in [9.17, 15) is 14.4 Å². The van der Waals surface area contributed by atoms with E-state index in [1.54, 1.807) is 14.0 Å². The molecule has 3 amide bonds. The lowest BCUT2D eigenvalue weighted by atomic mass is 10.0. The predicted octanol–water partition coefficient (Wildman–Crippen LogP) is 1.07. The van der Waals surface area contributed by atoms with Crippen molar-refractivity contribution in [1.82, 2.24) is 10.2 Å². The summed E-state index contributed by atoms with van der Waals surface area (Å²) in [6.45, 7) is 2.34. The van der Waals surface area contributed by atoms with Crippen LogP contribution in [0.15, 0.2) is 0 Å². The van der Waals surface area contributed by atoms with Crippen LogP contribution in [0.25, 0.3) is 0 Å². The highest BCUT2D eigenvalue weighted by atomic mass is 16.4. The minimum absolute atomic E-state index is 0.0509. The normalized spacial score (nSPS) is 15.9. The van der Waals surface area contributed by atoms with Crippen LogP contribution in [0.2, 0.25) is 0 Å². The van der Waals surface area contributed by atoms with Crippen LogP contribution in [-0.4, -0.2) is 41.5 Å². The fourth-order valence-corrected chi connectivity index (χ4v) is 1.72. The van der Waals surface area contributed by atoms with E-state index >= 15 is 0 Å². The van der Waals surface area contributed by atoms with E-state index in [-0.39, 0.29) is 18.8 Å². The fraction of sp³-hybridized carbons (Fsp3) is 0.750. The van der Waals surface area contributed by atoms with Crippen molar-refractivity contribution in [2.75, 3.05) is 13.6 Å². The lowest BCUT2D eigenvalue weighted by Gasteiger charge is -2.17. The number of imide groups is 1. The van der Waals surface area contributed by atoms with Crippen molar-refractivity contribution in [3.8, 4) is 0 Å². The minimum Gasteiger partial charge on any atom is -0.481 e. The second kappa shape index (κ2) is 6.37. The molecule has 0 spiro atoms. The first-order valence-corrected chi connectivity index (χ1v) is 6.15. The zero-order valence-electron chi connectivity index (χ0n) is 10.8. The van der Waals surface area contributed by atoms with Gasteiger partial charge >= 0.3 is 12.0 Å². The average Bonchev–Trinajstić information content (AvgIpc) is 2.99. The van der Waals surface area contributed by atoms with Crippen molar-refractivity contribution < 1.29 is 19.5 Å². The number of nitrogens with zero attached hydrogens (tertiary/aromatic N) is 1. The van der Waals surface area contributed by atoms with Gasteiger partial charge in [-0.15, -0.1) is 0 Å². The first kappa shape index (κ1) is 14.5. The van der Waals surface area contributed by atoms with Gasteiger partial charge in [-0.3, -0.25) is 14.9 Å². The van der Waals surface area contributed by atoms with Crippen LogP contribution in [0, 0.1) is 11.8 Å². The van der Waals surface area contributed by atoms with Crippen LogP contribution in [0.4, 0.5) is 4.79 Å². The Labute approximate surface area is 106 Å². The van der Waals surface area contributed by atoms with E-state index in [0.717, 1.165) is 12.8 Å². The lowest BCUT2D eigenvalue weighted by Crippen LogP contribution is -2.42. The van der Waals surface area contributed by atoms with Gasteiger partial charge in [0.1, 0.15) is 0 Å². The molecule has 0 radical (unpaired) electrons. The SMILES string of the molecule is CC(CC(=O)O)CC(=O)NC(=O)N(C)CC1CC1. The van der Waals surface area contributed by atoms with Gasteiger partial charge in [-0.05, 0) is 24.7 Å². The summed E-state index contributed by atoms with van der Waals surface area (Å²) in [6.07, 6.45) is 2.26. The summed E-state index contributed by atoms with van der Waals surface area (Å²) >= 11 is 0. The predicted molar refractivity (Wildman–Crippen MR) is 64.9 cm³/mol. The summed E-state index contributed by atoms with van der Waals surface area (Å²) in [5, 5.41) is 10.8. The van der Waals surface area contributed by atoms with Crippen LogP contribution in [-0.2, 0) is 9.59 Å². The Bertz CT molecular complexity index is 339. The van der Waals surface area contributed by atoms with Crippen LogP contribution >= 0.6 is 0 Å². The Kier molecular flexibility index (Phi) is 5.12. The maximum Gasteiger partial charge on any atom is 0.323 e. The first-order chi connectivity index (χ1) is 8.38. The Morgan fingerprint density at radius 2 is 1.94 bits per heavy atom. The first-order valence-electron chi connectivity index (χ1n) is 6.15. The third-order valence-corrected chi connectivity index (χ3v) is 2.88. The number of carbonyl (C=O) groups is 3. The van der Waals surface area contributed by atoms with E-state index in [1.165, 1.54) is 4.90 Å². The van der Waals surface area contributed by atoms with Crippen LogP contribution in [0.1, 0.15) is 32.6 Å². The number of rotatable bonds is 6. The summed E-state index contributed by atoms with van der Waals surface area (Å²) in [5.74, 6) is -1.06. The number of nitrogens with one attached hydrogen (secondary N) is 1. The van der Waals surface area contributed by atoms with Crippen LogP contribution < -0.4 is 5.32 Å². The molecule has 6 heteroatoms. The van der Waals surface area contributed by atoms with Gasteiger partial charge < -0.3 is 10.0 Å². The van der Waals surface area contributed by atoms with Crippen LogP contribution in [0.5, 0.6) is 0 Å². The number of hydrogen-bond acceptors (Lipinski definition) is 3. The Morgan fingerprint density at radius 1 is 1.33 bits per heavy atom. The zero-order chi connectivity index (χ0) is 13.7. The summed E-state index contributed by atoms with van der Waals surface area (Å²) in [5.41, 5.74) is 0. The Morgan fingerprint density at radius 3 is 2.44 bits per heavy atom. The number of carbonyl (C=O) groups excluding carboxylic acids is 2. The number of amides is 3. The van der Waals surface area contributed by atoms with E-state index in [4.69, 9.17) is 5.11 Å². The van der Waals surface area contributed by atoms with Gasteiger partial charge in [0.05, 0.1) is 0 Å². The van der Waals surface area contributed by atoms with E-state index in [0.29, 0.717) is 12.5 Å². The van der Waals surface area contributed by atoms with Gasteiger partial charge in [0.15, 0.2) is 0 Å². The van der Waals surface area contributed by atoms with Gasteiger partial charge in [-0.25, -0.2) is 4.79 Å². The Balaban J connectivity index is 2.25. The standard InChI is InChI=1S/C12H20N2O4/c1-8(6-11(16)17)5-10(15)13-12(18)14(2)7-9-3-4-9/h8-9H,3-7H2,1-2H3,(H,16,17)(H,13,15,18). The number of urea groups is 1. The molecule has 0 aromatic rings. The van der Waals surface area contributed by atoms with Gasteiger partial charge in [0.25, 0.3) is 0 Å². The smallest absolute Gasteiger partial charge is 0.323 e. The molecule has 0 heterocycles. The molecule has 1 unspecified atom stereocenters. The monoisotopic (exact) mass is 256 g/mol. The molecule has 1 rings (SSSR count). The fourth-order valence-electron chi connectivity index (χ4n) is 1.72. The van der Waals surface area contributed by atoms with Gasteiger partial charge in [0.2, 0.25) is 5.91 Å². The number of carboxylic acids is 1. The van der Waals surface area contributed by atoms with E-state index < -0.39 is 17.9 Å². The third kappa shape index (κ3) is 5.65. The largest absolute Gasteiger partial charge is 0.481 e. The number of aliphatic carboxylic acids is 1. The highest BCUT2D eigenvalue weighted by molar-refractivity contribution is 5.94. The van der Waals surface area contributed by atoms with Crippen molar-refractivity contribution in [1.29, 1.82) is 0 Å². The molecule has 0 saturated heterocycles.